The Labute approximate surface area is 109 Å². The summed E-state index contributed by atoms with van der Waals surface area (Å²) < 4.78 is 25.8. The number of hydrogen-bond donors (Lipinski definition) is 2. The lowest BCUT2D eigenvalue weighted by Gasteiger charge is -2.07. The van der Waals surface area contributed by atoms with Crippen LogP contribution < -0.4 is 10.5 Å². The monoisotopic (exact) mass is 287 g/mol. The number of benzene rings is 1. The van der Waals surface area contributed by atoms with Gasteiger partial charge < -0.3 is 5.73 Å². The number of hydrogen-bond acceptors (Lipinski definition) is 4. The van der Waals surface area contributed by atoms with Gasteiger partial charge in [0.2, 0.25) is 15.9 Å². The summed E-state index contributed by atoms with van der Waals surface area (Å²) in [7, 11) is -3.81. The molecule has 0 aromatic heterocycles. The van der Waals surface area contributed by atoms with E-state index in [1.54, 1.807) is 0 Å². The predicted molar refractivity (Wildman–Crippen MR) is 65.2 cm³/mol. The van der Waals surface area contributed by atoms with E-state index in [1.807, 2.05) is 6.07 Å². The molecule has 96 valence electrons. The molecule has 18 heavy (non-hydrogen) atoms. The van der Waals surface area contributed by atoms with Crippen LogP contribution in [0.4, 0.5) is 0 Å². The van der Waals surface area contributed by atoms with Crippen molar-refractivity contribution in [2.24, 2.45) is 5.73 Å². The Bertz CT molecular complexity index is 607. The van der Waals surface area contributed by atoms with Crippen LogP contribution in [0, 0.1) is 11.3 Å². The Morgan fingerprint density at radius 2 is 2.17 bits per heavy atom. The Hall–Kier alpha value is -1.62. The third kappa shape index (κ3) is 3.70. The molecule has 0 fully saturated rings. The zero-order valence-corrected chi connectivity index (χ0v) is 10.8. The van der Waals surface area contributed by atoms with Crippen LogP contribution in [0.2, 0.25) is 5.02 Å². The average Bonchev–Trinajstić information content (AvgIpc) is 2.27. The Balaban J connectivity index is 2.92. The molecule has 3 N–H and O–H groups in total. The molecular formula is C10H10ClN3O3S. The van der Waals surface area contributed by atoms with Gasteiger partial charge in [0.15, 0.2) is 0 Å². The summed E-state index contributed by atoms with van der Waals surface area (Å²) in [6, 6.07) is 5.67. The fourth-order valence-electron chi connectivity index (χ4n) is 1.17. The van der Waals surface area contributed by atoms with Crippen LogP contribution in [0.3, 0.4) is 0 Å². The van der Waals surface area contributed by atoms with Gasteiger partial charge in [0.05, 0.1) is 16.7 Å². The van der Waals surface area contributed by atoms with Gasteiger partial charge in [0.25, 0.3) is 0 Å². The van der Waals surface area contributed by atoms with Crippen LogP contribution >= 0.6 is 11.6 Å². The number of nitrogens with zero attached hydrogens (tertiary/aromatic N) is 1. The fraction of sp³-hybridized carbons (Fsp3) is 0.200. The second-order valence-electron chi connectivity index (χ2n) is 3.37. The van der Waals surface area contributed by atoms with Crippen molar-refractivity contribution in [3.63, 3.8) is 0 Å². The summed E-state index contributed by atoms with van der Waals surface area (Å²) in [6.45, 7) is -0.103. The lowest BCUT2D eigenvalue weighted by molar-refractivity contribution is -0.117. The zero-order valence-electron chi connectivity index (χ0n) is 9.18. The molecular weight excluding hydrogens is 278 g/mol. The average molecular weight is 288 g/mol. The van der Waals surface area contributed by atoms with E-state index < -0.39 is 15.9 Å². The predicted octanol–water partition coefficient (Wildman–Crippen LogP) is 0.365. The molecule has 0 radical (unpaired) electrons. The molecule has 6 nitrogen and oxygen atoms in total. The van der Waals surface area contributed by atoms with Gasteiger partial charge >= 0.3 is 0 Å². The minimum Gasteiger partial charge on any atom is -0.370 e. The maximum Gasteiger partial charge on any atom is 0.242 e. The number of nitrogens with one attached hydrogen (secondary N) is 1. The van der Waals surface area contributed by atoms with E-state index >= 15 is 0 Å². The van der Waals surface area contributed by atoms with Crippen LogP contribution in [-0.2, 0) is 14.8 Å². The smallest absolute Gasteiger partial charge is 0.242 e. The van der Waals surface area contributed by atoms with Gasteiger partial charge in [0, 0.05) is 13.0 Å². The van der Waals surface area contributed by atoms with E-state index in [0.29, 0.717) is 0 Å². The first-order valence-electron chi connectivity index (χ1n) is 4.84. The first-order valence-corrected chi connectivity index (χ1v) is 6.70. The Kier molecular flexibility index (Phi) is 4.67. The van der Waals surface area contributed by atoms with Crippen LogP contribution in [0.15, 0.2) is 23.1 Å². The van der Waals surface area contributed by atoms with E-state index in [9.17, 15) is 13.2 Å². The molecule has 1 aromatic carbocycles. The molecule has 1 rings (SSSR count). The van der Waals surface area contributed by atoms with Gasteiger partial charge in [-0.25, -0.2) is 13.1 Å². The quantitative estimate of drug-likeness (QED) is 0.814. The molecule has 0 heterocycles. The number of nitriles is 1. The van der Waals surface area contributed by atoms with E-state index in [-0.39, 0.29) is 28.4 Å². The topological polar surface area (TPSA) is 113 Å². The number of halogens is 1. The van der Waals surface area contributed by atoms with Gasteiger partial charge in [-0.3, -0.25) is 4.79 Å². The molecule has 0 saturated carbocycles. The van der Waals surface area contributed by atoms with Crippen molar-refractivity contribution < 1.29 is 13.2 Å². The minimum absolute atomic E-state index is 0.0550. The van der Waals surface area contributed by atoms with Gasteiger partial charge in [0.1, 0.15) is 4.90 Å². The van der Waals surface area contributed by atoms with Crippen molar-refractivity contribution in [1.82, 2.24) is 4.72 Å². The molecule has 0 unspecified atom stereocenters. The molecule has 0 aliphatic carbocycles. The molecule has 0 atom stereocenters. The third-order valence-corrected chi connectivity index (χ3v) is 3.96. The van der Waals surface area contributed by atoms with Crippen LogP contribution in [0.1, 0.15) is 12.0 Å². The molecule has 0 aliphatic rings. The largest absolute Gasteiger partial charge is 0.370 e. The second-order valence-corrected chi connectivity index (χ2v) is 5.51. The molecule has 0 saturated heterocycles. The highest BCUT2D eigenvalue weighted by Crippen LogP contribution is 2.22. The highest BCUT2D eigenvalue weighted by molar-refractivity contribution is 7.89. The number of carbonyl (C=O) groups is 1. The molecule has 1 amide bonds. The molecule has 8 heteroatoms. The van der Waals surface area contributed by atoms with Crippen molar-refractivity contribution in [1.29, 1.82) is 5.26 Å². The van der Waals surface area contributed by atoms with Gasteiger partial charge in [-0.2, -0.15) is 5.26 Å². The van der Waals surface area contributed by atoms with Gasteiger partial charge in [-0.15, -0.1) is 0 Å². The SMILES string of the molecule is N#Cc1ccc(S(=O)(=O)NCCC(N)=O)c(Cl)c1. The van der Waals surface area contributed by atoms with Crippen LogP contribution in [-0.4, -0.2) is 20.9 Å². The lowest BCUT2D eigenvalue weighted by atomic mass is 10.2. The molecule has 0 bridgehead atoms. The summed E-state index contributed by atoms with van der Waals surface area (Å²) in [6.07, 6.45) is -0.104. The fourth-order valence-corrected chi connectivity index (χ4v) is 2.75. The summed E-state index contributed by atoms with van der Waals surface area (Å²) in [4.78, 5) is 10.4. The molecule has 1 aromatic rings. The first kappa shape index (κ1) is 14.4. The van der Waals surface area contributed by atoms with Crippen molar-refractivity contribution in [3.05, 3.63) is 28.8 Å². The number of sulfonamides is 1. The number of primary amides is 1. The van der Waals surface area contributed by atoms with E-state index in [2.05, 4.69) is 4.72 Å². The second kappa shape index (κ2) is 5.82. The zero-order chi connectivity index (χ0) is 13.8. The third-order valence-electron chi connectivity index (χ3n) is 2.01. The highest BCUT2D eigenvalue weighted by Gasteiger charge is 2.17. The van der Waals surface area contributed by atoms with Crippen LogP contribution in [0.25, 0.3) is 0 Å². The van der Waals surface area contributed by atoms with E-state index in [0.717, 1.165) is 0 Å². The number of rotatable bonds is 5. The van der Waals surface area contributed by atoms with Crippen molar-refractivity contribution in [2.45, 2.75) is 11.3 Å². The number of carbonyl (C=O) groups excluding carboxylic acids is 1. The summed E-state index contributed by atoms with van der Waals surface area (Å²) >= 11 is 5.77. The number of nitrogens with two attached hydrogens (primary N) is 1. The molecule has 0 spiro atoms. The Morgan fingerprint density at radius 1 is 1.50 bits per heavy atom. The van der Waals surface area contributed by atoms with Gasteiger partial charge in [-0.1, -0.05) is 11.6 Å². The first-order chi connectivity index (χ1) is 8.36. The summed E-state index contributed by atoms with van der Waals surface area (Å²) in [5.41, 5.74) is 5.15. The highest BCUT2D eigenvalue weighted by atomic mass is 35.5. The maximum atomic E-state index is 11.8. The molecule has 0 aliphatic heterocycles. The van der Waals surface area contributed by atoms with Crippen molar-refractivity contribution in [2.75, 3.05) is 6.54 Å². The summed E-state index contributed by atoms with van der Waals surface area (Å²) in [5, 5.41) is 8.58. The summed E-state index contributed by atoms with van der Waals surface area (Å²) in [5.74, 6) is -0.608. The van der Waals surface area contributed by atoms with Crippen molar-refractivity contribution >= 4 is 27.5 Å². The maximum absolute atomic E-state index is 11.8. The van der Waals surface area contributed by atoms with E-state index in [4.69, 9.17) is 22.6 Å². The van der Waals surface area contributed by atoms with Crippen LogP contribution in [0.5, 0.6) is 0 Å². The number of amides is 1. The Morgan fingerprint density at radius 3 is 2.67 bits per heavy atom. The standard InChI is InChI=1S/C10H10ClN3O3S/c11-8-5-7(6-12)1-2-9(8)18(16,17)14-4-3-10(13)15/h1-2,5,14H,3-4H2,(H2,13,15). The van der Waals surface area contributed by atoms with Gasteiger partial charge in [-0.05, 0) is 18.2 Å². The van der Waals surface area contributed by atoms with Crippen molar-refractivity contribution in [3.8, 4) is 6.07 Å². The lowest BCUT2D eigenvalue weighted by Crippen LogP contribution is -2.28. The minimum atomic E-state index is -3.81. The van der Waals surface area contributed by atoms with E-state index in [1.165, 1.54) is 18.2 Å². The normalized spacial score (nSPS) is 10.9.